The van der Waals surface area contributed by atoms with Gasteiger partial charge in [0.1, 0.15) is 0 Å². The summed E-state index contributed by atoms with van der Waals surface area (Å²) in [5, 5.41) is 9.60. The molecule has 2 aromatic carbocycles. The number of esters is 1. The van der Waals surface area contributed by atoms with Crippen molar-refractivity contribution in [2.45, 2.75) is 12.8 Å². The first-order valence-corrected chi connectivity index (χ1v) is 9.03. The molecule has 0 atom stereocenters. The number of rotatable bonds is 3. The van der Waals surface area contributed by atoms with E-state index >= 15 is 0 Å². The quantitative estimate of drug-likeness (QED) is 0.494. The van der Waals surface area contributed by atoms with Gasteiger partial charge in [0.15, 0.2) is 0 Å². The van der Waals surface area contributed by atoms with E-state index in [1.807, 2.05) is 24.3 Å². The van der Waals surface area contributed by atoms with Crippen LogP contribution in [-0.4, -0.2) is 13.1 Å². The average molecular weight is 494 g/mol. The molecule has 0 saturated carbocycles. The second kappa shape index (κ2) is 10.7. The number of hydrogen-bond acceptors (Lipinski definition) is 3. The summed E-state index contributed by atoms with van der Waals surface area (Å²) in [7, 11) is 1.36. The second-order valence-corrected chi connectivity index (χ2v) is 7.21. The summed E-state index contributed by atoms with van der Waals surface area (Å²) < 4.78 is 6.36. The minimum absolute atomic E-state index is 0.211. The first-order chi connectivity index (χ1) is 11.4. The van der Waals surface area contributed by atoms with E-state index in [0.717, 1.165) is 20.1 Å². The Hall–Kier alpha value is -1.06. The average Bonchev–Trinajstić information content (AvgIpc) is 2.53. The first-order valence-electron chi connectivity index (χ1n) is 6.69. The first kappa shape index (κ1) is 21.0. The standard InChI is InChI=1S/C9H8BrClO2.C8H5BrClN/c1-13-9(12)4-6-2-3-7(10)5-8(6)11;9-7-2-1-6(3-4-11)8(10)5-7/h2-3,5H,4H2,1H3;1-2,5H,3H2. The van der Waals surface area contributed by atoms with E-state index in [1.165, 1.54) is 7.11 Å². The van der Waals surface area contributed by atoms with Crippen molar-refractivity contribution < 1.29 is 9.53 Å². The molecule has 3 nitrogen and oxygen atoms in total. The van der Waals surface area contributed by atoms with Crippen LogP contribution in [0, 0.1) is 11.3 Å². The smallest absolute Gasteiger partial charge is 0.310 e. The van der Waals surface area contributed by atoms with E-state index in [-0.39, 0.29) is 12.4 Å². The highest BCUT2D eigenvalue weighted by atomic mass is 79.9. The minimum atomic E-state index is -0.288. The van der Waals surface area contributed by atoms with Gasteiger partial charge in [-0.05, 0) is 35.4 Å². The summed E-state index contributed by atoms with van der Waals surface area (Å²) in [6.07, 6.45) is 0.578. The van der Waals surface area contributed by atoms with E-state index in [9.17, 15) is 4.79 Å². The molecule has 7 heteroatoms. The second-order valence-electron chi connectivity index (χ2n) is 4.56. The fourth-order valence-electron chi connectivity index (χ4n) is 1.64. The maximum Gasteiger partial charge on any atom is 0.310 e. The molecule has 24 heavy (non-hydrogen) atoms. The van der Waals surface area contributed by atoms with Crippen LogP contribution < -0.4 is 0 Å². The molecule has 0 N–H and O–H groups in total. The van der Waals surface area contributed by atoms with Gasteiger partial charge in [0.25, 0.3) is 0 Å². The molecule has 0 heterocycles. The lowest BCUT2D eigenvalue weighted by Gasteiger charge is -2.02. The Labute approximate surface area is 167 Å². The van der Waals surface area contributed by atoms with Crippen LogP contribution in [0.2, 0.25) is 10.0 Å². The van der Waals surface area contributed by atoms with Gasteiger partial charge in [-0.25, -0.2) is 0 Å². The Bertz CT molecular complexity index is 761. The summed E-state index contributed by atoms with van der Waals surface area (Å²) in [6, 6.07) is 12.9. The topological polar surface area (TPSA) is 50.1 Å². The van der Waals surface area contributed by atoms with Crippen molar-refractivity contribution in [1.29, 1.82) is 5.26 Å². The van der Waals surface area contributed by atoms with Crippen LogP contribution in [0.4, 0.5) is 0 Å². The molecule has 2 aromatic rings. The van der Waals surface area contributed by atoms with Crippen molar-refractivity contribution in [1.82, 2.24) is 0 Å². The van der Waals surface area contributed by atoms with E-state index in [1.54, 1.807) is 18.2 Å². The van der Waals surface area contributed by atoms with Gasteiger partial charge in [-0.2, -0.15) is 5.26 Å². The lowest BCUT2D eigenvalue weighted by Crippen LogP contribution is -2.04. The number of halogens is 4. The number of carbonyl (C=O) groups is 1. The Morgan fingerprint density at radius 1 is 1.08 bits per heavy atom. The van der Waals surface area contributed by atoms with Crippen molar-refractivity contribution in [3.05, 3.63) is 66.5 Å². The number of carbonyl (C=O) groups excluding carboxylic acids is 1. The predicted octanol–water partition coefficient (Wildman–Crippen LogP) is 5.99. The lowest BCUT2D eigenvalue weighted by atomic mass is 10.1. The predicted molar refractivity (Wildman–Crippen MR) is 103 cm³/mol. The van der Waals surface area contributed by atoms with Gasteiger partial charge in [-0.3, -0.25) is 4.79 Å². The number of nitriles is 1. The third kappa shape index (κ3) is 7.23. The van der Waals surface area contributed by atoms with Crippen LogP contribution >= 0.6 is 55.1 Å². The van der Waals surface area contributed by atoms with Crippen molar-refractivity contribution in [3.63, 3.8) is 0 Å². The molecule has 0 aliphatic carbocycles. The summed E-state index contributed by atoms with van der Waals surface area (Å²) in [5.41, 5.74) is 1.65. The van der Waals surface area contributed by atoms with Crippen molar-refractivity contribution in [2.24, 2.45) is 0 Å². The molecular formula is C17H13Br2Cl2NO2. The molecule has 0 aliphatic rings. The Balaban J connectivity index is 0.000000243. The van der Waals surface area contributed by atoms with E-state index in [4.69, 9.17) is 28.5 Å². The molecule has 0 bridgehead atoms. The molecule has 0 aromatic heterocycles. The highest BCUT2D eigenvalue weighted by Crippen LogP contribution is 2.22. The molecule has 0 fully saturated rings. The molecular weight excluding hydrogens is 481 g/mol. The van der Waals surface area contributed by atoms with Crippen molar-refractivity contribution >= 4 is 61.0 Å². The Morgan fingerprint density at radius 2 is 1.58 bits per heavy atom. The number of nitrogens with zero attached hydrogens (tertiary/aromatic N) is 1. The number of ether oxygens (including phenoxy) is 1. The van der Waals surface area contributed by atoms with Crippen molar-refractivity contribution in [2.75, 3.05) is 7.11 Å². The minimum Gasteiger partial charge on any atom is -0.469 e. The third-order valence-corrected chi connectivity index (χ3v) is 4.55. The molecule has 0 unspecified atom stereocenters. The molecule has 126 valence electrons. The summed E-state index contributed by atoms with van der Waals surface area (Å²) in [4.78, 5) is 10.9. The normalized spacial score (nSPS) is 9.50. The molecule has 2 rings (SSSR count). The zero-order valence-electron chi connectivity index (χ0n) is 12.7. The lowest BCUT2D eigenvalue weighted by molar-refractivity contribution is -0.139. The van der Waals surface area contributed by atoms with Crippen LogP contribution in [0.3, 0.4) is 0 Å². The monoisotopic (exact) mass is 491 g/mol. The van der Waals surface area contributed by atoms with Crippen LogP contribution in [0.15, 0.2) is 45.3 Å². The van der Waals surface area contributed by atoms with E-state index in [0.29, 0.717) is 16.5 Å². The Morgan fingerprint density at radius 3 is 2.00 bits per heavy atom. The van der Waals surface area contributed by atoms with Gasteiger partial charge >= 0.3 is 5.97 Å². The SMILES string of the molecule is COC(=O)Cc1ccc(Br)cc1Cl.N#CCc1ccc(Br)cc1Cl. The molecule has 0 aliphatic heterocycles. The number of benzene rings is 2. The number of methoxy groups -OCH3 is 1. The van der Waals surface area contributed by atoms with Gasteiger partial charge in [0.05, 0.1) is 26.0 Å². The van der Waals surface area contributed by atoms with Gasteiger partial charge in [-0.15, -0.1) is 0 Å². The van der Waals surface area contributed by atoms with Gasteiger partial charge < -0.3 is 4.74 Å². The Kier molecular flexibility index (Phi) is 9.38. The fraction of sp³-hybridized carbons (Fsp3) is 0.176. The van der Waals surface area contributed by atoms with Crippen LogP contribution in [0.1, 0.15) is 11.1 Å². The third-order valence-electron chi connectivity index (χ3n) is 2.86. The summed E-state index contributed by atoms with van der Waals surface area (Å²) in [6.45, 7) is 0. The molecule has 0 radical (unpaired) electrons. The molecule has 0 spiro atoms. The maximum atomic E-state index is 10.9. The summed E-state index contributed by atoms with van der Waals surface area (Å²) >= 11 is 18.3. The molecule has 0 saturated heterocycles. The highest BCUT2D eigenvalue weighted by molar-refractivity contribution is 9.10. The van der Waals surface area contributed by atoms with E-state index < -0.39 is 0 Å². The van der Waals surface area contributed by atoms with Gasteiger partial charge in [0, 0.05) is 19.0 Å². The van der Waals surface area contributed by atoms with Crippen LogP contribution in [0.5, 0.6) is 0 Å². The highest BCUT2D eigenvalue weighted by Gasteiger charge is 2.06. The maximum absolute atomic E-state index is 10.9. The van der Waals surface area contributed by atoms with Crippen LogP contribution in [-0.2, 0) is 22.4 Å². The molecule has 0 amide bonds. The summed E-state index contributed by atoms with van der Waals surface area (Å²) in [5.74, 6) is -0.288. The fourth-order valence-corrected chi connectivity index (χ4v) is 3.12. The van der Waals surface area contributed by atoms with Crippen molar-refractivity contribution in [3.8, 4) is 6.07 Å². The van der Waals surface area contributed by atoms with Gasteiger partial charge in [0.2, 0.25) is 0 Å². The largest absolute Gasteiger partial charge is 0.469 e. The van der Waals surface area contributed by atoms with E-state index in [2.05, 4.69) is 36.6 Å². The number of hydrogen-bond donors (Lipinski definition) is 0. The van der Waals surface area contributed by atoms with Gasteiger partial charge in [-0.1, -0.05) is 67.2 Å². The zero-order valence-corrected chi connectivity index (χ0v) is 17.3. The zero-order chi connectivity index (χ0) is 18.1. The van der Waals surface area contributed by atoms with Crippen LogP contribution in [0.25, 0.3) is 0 Å².